The Morgan fingerprint density at radius 2 is 2.08 bits per heavy atom. The molecule has 2 heterocycles. The van der Waals surface area contributed by atoms with Crippen molar-refractivity contribution in [2.75, 3.05) is 19.7 Å². The summed E-state index contributed by atoms with van der Waals surface area (Å²) >= 11 is 0. The SMILES string of the molecule is CC(C)n1ccnc1CN1CCCC(O)(COc2ccc(F)cc2)C1. The number of likely N-dealkylation sites (tertiary alicyclic amines) is 1. The number of aliphatic hydroxyl groups is 1. The minimum Gasteiger partial charge on any atom is -0.491 e. The highest BCUT2D eigenvalue weighted by Crippen LogP contribution is 2.24. The van der Waals surface area contributed by atoms with Crippen molar-refractivity contribution in [3.63, 3.8) is 0 Å². The molecule has 1 unspecified atom stereocenters. The van der Waals surface area contributed by atoms with Crippen LogP contribution in [-0.2, 0) is 6.54 Å². The molecule has 5 nitrogen and oxygen atoms in total. The molecule has 1 fully saturated rings. The number of imidazole rings is 1. The fraction of sp³-hybridized carbons (Fsp3) is 0.526. The predicted octanol–water partition coefficient (Wildman–Crippen LogP) is 3.01. The molecule has 0 amide bonds. The summed E-state index contributed by atoms with van der Waals surface area (Å²) in [4.78, 5) is 6.67. The standard InChI is InChI=1S/C19H26FN3O2/c1-15(2)23-11-9-21-18(23)12-22-10-3-8-19(24,13-22)14-25-17-6-4-16(20)5-7-17/h4-7,9,11,15,24H,3,8,10,12-14H2,1-2H3. The molecule has 25 heavy (non-hydrogen) atoms. The number of piperidine rings is 1. The van der Waals surface area contributed by atoms with Gasteiger partial charge in [-0.15, -0.1) is 0 Å². The van der Waals surface area contributed by atoms with Crippen LogP contribution in [0.2, 0.25) is 0 Å². The number of rotatable bonds is 6. The second-order valence-corrected chi connectivity index (χ2v) is 7.13. The first-order valence-electron chi connectivity index (χ1n) is 8.80. The number of benzene rings is 1. The summed E-state index contributed by atoms with van der Waals surface area (Å²) in [5.74, 6) is 1.29. The van der Waals surface area contributed by atoms with Gasteiger partial charge in [0.2, 0.25) is 0 Å². The van der Waals surface area contributed by atoms with Crippen LogP contribution in [0, 0.1) is 5.82 Å². The smallest absolute Gasteiger partial charge is 0.123 e. The van der Waals surface area contributed by atoms with E-state index in [9.17, 15) is 9.50 Å². The summed E-state index contributed by atoms with van der Waals surface area (Å²) in [6, 6.07) is 6.25. The molecule has 1 aliphatic rings. The molecule has 0 spiro atoms. The molecule has 1 N–H and O–H groups in total. The van der Waals surface area contributed by atoms with Crippen LogP contribution in [0.15, 0.2) is 36.7 Å². The molecule has 0 radical (unpaired) electrons. The van der Waals surface area contributed by atoms with Gasteiger partial charge in [0.05, 0.1) is 6.54 Å². The van der Waals surface area contributed by atoms with E-state index in [0.717, 1.165) is 18.8 Å². The number of hydrogen-bond donors (Lipinski definition) is 1. The van der Waals surface area contributed by atoms with E-state index >= 15 is 0 Å². The van der Waals surface area contributed by atoms with Crippen molar-refractivity contribution >= 4 is 0 Å². The maximum Gasteiger partial charge on any atom is 0.123 e. The predicted molar refractivity (Wildman–Crippen MR) is 94.0 cm³/mol. The maximum absolute atomic E-state index is 13.0. The lowest BCUT2D eigenvalue weighted by Gasteiger charge is -2.38. The van der Waals surface area contributed by atoms with E-state index < -0.39 is 5.60 Å². The van der Waals surface area contributed by atoms with Crippen LogP contribution in [-0.4, -0.2) is 44.9 Å². The number of halogens is 1. The number of nitrogens with zero attached hydrogens (tertiary/aromatic N) is 3. The zero-order chi connectivity index (χ0) is 17.9. The summed E-state index contributed by atoms with van der Waals surface area (Å²) in [5.41, 5.74) is -0.901. The highest BCUT2D eigenvalue weighted by atomic mass is 19.1. The van der Waals surface area contributed by atoms with Gasteiger partial charge in [0.25, 0.3) is 0 Å². The number of hydrogen-bond acceptors (Lipinski definition) is 4. The van der Waals surface area contributed by atoms with Crippen molar-refractivity contribution in [3.8, 4) is 5.75 Å². The molecule has 136 valence electrons. The average molecular weight is 347 g/mol. The molecule has 0 aliphatic carbocycles. The lowest BCUT2D eigenvalue weighted by molar-refractivity contribution is -0.0628. The van der Waals surface area contributed by atoms with Gasteiger partial charge in [0, 0.05) is 25.0 Å². The summed E-state index contributed by atoms with van der Waals surface area (Å²) in [5, 5.41) is 10.9. The van der Waals surface area contributed by atoms with E-state index in [2.05, 4.69) is 28.3 Å². The highest BCUT2D eigenvalue weighted by molar-refractivity contribution is 5.22. The Morgan fingerprint density at radius 3 is 2.80 bits per heavy atom. The molecule has 1 saturated heterocycles. The van der Waals surface area contributed by atoms with Crippen LogP contribution in [0.5, 0.6) is 5.75 Å². The Labute approximate surface area is 148 Å². The normalized spacial score (nSPS) is 21.6. The molecule has 1 aliphatic heterocycles. The average Bonchev–Trinajstić information content (AvgIpc) is 3.03. The van der Waals surface area contributed by atoms with Crippen LogP contribution in [0.4, 0.5) is 4.39 Å². The lowest BCUT2D eigenvalue weighted by Crippen LogP contribution is -2.51. The summed E-state index contributed by atoms with van der Waals surface area (Å²) < 4.78 is 20.8. The minimum absolute atomic E-state index is 0.202. The lowest BCUT2D eigenvalue weighted by atomic mass is 9.93. The molecular formula is C19H26FN3O2. The molecule has 1 atom stereocenters. The van der Waals surface area contributed by atoms with Gasteiger partial charge in [-0.05, 0) is 57.5 Å². The van der Waals surface area contributed by atoms with Crippen molar-refractivity contribution < 1.29 is 14.2 Å². The van der Waals surface area contributed by atoms with Crippen LogP contribution in [0.1, 0.15) is 38.6 Å². The van der Waals surface area contributed by atoms with Crippen LogP contribution in [0.25, 0.3) is 0 Å². The monoisotopic (exact) mass is 347 g/mol. The summed E-state index contributed by atoms with van der Waals surface area (Å²) in [6.45, 7) is 6.66. The van der Waals surface area contributed by atoms with Gasteiger partial charge in [-0.25, -0.2) is 9.37 Å². The molecule has 3 rings (SSSR count). The minimum atomic E-state index is -0.901. The molecule has 1 aromatic heterocycles. The Kier molecular flexibility index (Phi) is 5.39. The van der Waals surface area contributed by atoms with E-state index in [-0.39, 0.29) is 12.4 Å². The first-order chi connectivity index (χ1) is 12.0. The number of ether oxygens (including phenoxy) is 1. The third kappa shape index (κ3) is 4.58. The van der Waals surface area contributed by atoms with Gasteiger partial charge in [-0.1, -0.05) is 0 Å². The molecule has 0 saturated carbocycles. The topological polar surface area (TPSA) is 50.5 Å². The molecule has 0 bridgehead atoms. The first kappa shape index (κ1) is 17.9. The summed E-state index contributed by atoms with van der Waals surface area (Å²) in [6.07, 6.45) is 5.42. The summed E-state index contributed by atoms with van der Waals surface area (Å²) in [7, 11) is 0. The fourth-order valence-corrected chi connectivity index (χ4v) is 3.34. The van der Waals surface area contributed by atoms with E-state index in [0.29, 0.717) is 31.3 Å². The fourth-order valence-electron chi connectivity index (χ4n) is 3.34. The Morgan fingerprint density at radius 1 is 1.32 bits per heavy atom. The Balaban J connectivity index is 1.59. The third-order valence-electron chi connectivity index (χ3n) is 4.63. The zero-order valence-electron chi connectivity index (χ0n) is 14.9. The van der Waals surface area contributed by atoms with Crippen LogP contribution >= 0.6 is 0 Å². The van der Waals surface area contributed by atoms with Gasteiger partial charge in [-0.3, -0.25) is 4.90 Å². The van der Waals surface area contributed by atoms with Crippen molar-refractivity contribution in [2.45, 2.75) is 44.9 Å². The molecule has 2 aromatic rings. The Bertz CT molecular complexity index is 686. The van der Waals surface area contributed by atoms with Crippen molar-refractivity contribution in [3.05, 3.63) is 48.3 Å². The number of aromatic nitrogens is 2. The van der Waals surface area contributed by atoms with E-state index in [1.165, 1.54) is 12.1 Å². The second kappa shape index (κ2) is 7.54. The van der Waals surface area contributed by atoms with Gasteiger partial charge in [0.15, 0.2) is 0 Å². The highest BCUT2D eigenvalue weighted by Gasteiger charge is 2.34. The first-order valence-corrected chi connectivity index (χ1v) is 8.80. The molecule has 6 heteroatoms. The second-order valence-electron chi connectivity index (χ2n) is 7.13. The Hall–Kier alpha value is -1.92. The third-order valence-corrected chi connectivity index (χ3v) is 4.63. The van der Waals surface area contributed by atoms with E-state index in [4.69, 9.17) is 4.74 Å². The zero-order valence-corrected chi connectivity index (χ0v) is 14.9. The van der Waals surface area contributed by atoms with Gasteiger partial charge in [0.1, 0.15) is 29.6 Å². The van der Waals surface area contributed by atoms with E-state index in [1.807, 2.05) is 12.4 Å². The largest absolute Gasteiger partial charge is 0.491 e. The number of β-amino-alcohol motifs (C(OH)–C–C–N with tert-alkyl or cyclic N) is 1. The van der Waals surface area contributed by atoms with Gasteiger partial charge >= 0.3 is 0 Å². The van der Waals surface area contributed by atoms with Crippen molar-refractivity contribution in [1.29, 1.82) is 0 Å². The quantitative estimate of drug-likeness (QED) is 0.873. The molecular weight excluding hydrogens is 321 g/mol. The van der Waals surface area contributed by atoms with Gasteiger partial charge < -0.3 is 14.4 Å². The van der Waals surface area contributed by atoms with Gasteiger partial charge in [-0.2, -0.15) is 0 Å². The van der Waals surface area contributed by atoms with Crippen LogP contribution in [0.3, 0.4) is 0 Å². The van der Waals surface area contributed by atoms with Crippen molar-refractivity contribution in [1.82, 2.24) is 14.5 Å². The van der Waals surface area contributed by atoms with Crippen LogP contribution < -0.4 is 4.74 Å². The molecule has 1 aromatic carbocycles. The maximum atomic E-state index is 13.0. The van der Waals surface area contributed by atoms with Crippen molar-refractivity contribution in [2.24, 2.45) is 0 Å². The van der Waals surface area contributed by atoms with E-state index in [1.54, 1.807) is 12.1 Å².